The summed E-state index contributed by atoms with van der Waals surface area (Å²) in [6.45, 7) is 0.560. The van der Waals surface area contributed by atoms with Crippen molar-refractivity contribution in [3.63, 3.8) is 0 Å². The minimum absolute atomic E-state index is 0.0717. The van der Waals surface area contributed by atoms with Crippen LogP contribution in [0, 0.1) is 0 Å². The molecule has 1 aromatic heterocycles. The van der Waals surface area contributed by atoms with E-state index in [1.165, 1.54) is 0 Å². The summed E-state index contributed by atoms with van der Waals surface area (Å²) in [6.07, 6.45) is 2.97. The first-order chi connectivity index (χ1) is 5.83. The van der Waals surface area contributed by atoms with Gasteiger partial charge < -0.3 is 5.11 Å². The Bertz CT molecular complexity index is 317. The number of hydrogen-bond donors (Lipinski definition) is 1. The van der Waals surface area contributed by atoms with Crippen molar-refractivity contribution in [1.82, 2.24) is 9.78 Å². The molecule has 0 saturated heterocycles. The van der Waals surface area contributed by atoms with Gasteiger partial charge in [0.25, 0.3) is 0 Å². The van der Waals surface area contributed by atoms with Gasteiger partial charge in [0.1, 0.15) is 0 Å². The summed E-state index contributed by atoms with van der Waals surface area (Å²) in [5, 5.41) is 12.7. The highest BCUT2D eigenvalue weighted by molar-refractivity contribution is 5.99. The SMILES string of the molecule is O=C1CCc2c1cnn2CCO. The summed E-state index contributed by atoms with van der Waals surface area (Å²) >= 11 is 0. The smallest absolute Gasteiger partial charge is 0.166 e. The third kappa shape index (κ3) is 0.956. The molecule has 1 aliphatic rings. The minimum atomic E-state index is 0.0717. The van der Waals surface area contributed by atoms with Crippen molar-refractivity contribution in [3.8, 4) is 0 Å². The van der Waals surface area contributed by atoms with Crippen LogP contribution in [-0.2, 0) is 13.0 Å². The largest absolute Gasteiger partial charge is 0.394 e. The number of nitrogens with zero attached hydrogens (tertiary/aromatic N) is 2. The van der Waals surface area contributed by atoms with Gasteiger partial charge in [0.2, 0.25) is 0 Å². The molecule has 0 radical (unpaired) electrons. The van der Waals surface area contributed by atoms with Gasteiger partial charge in [-0.25, -0.2) is 0 Å². The zero-order valence-corrected chi connectivity index (χ0v) is 6.66. The lowest BCUT2D eigenvalue weighted by atomic mass is 10.3. The molecule has 0 saturated carbocycles. The predicted molar refractivity (Wildman–Crippen MR) is 42.0 cm³/mol. The van der Waals surface area contributed by atoms with Crippen molar-refractivity contribution < 1.29 is 9.90 Å². The summed E-state index contributed by atoms with van der Waals surface area (Å²) in [4.78, 5) is 11.2. The standard InChI is InChI=1S/C8H10N2O2/c11-4-3-10-7-1-2-8(12)6(7)5-9-10/h5,11H,1-4H2. The number of aliphatic hydroxyl groups is 1. The Kier molecular flexibility index (Phi) is 1.69. The van der Waals surface area contributed by atoms with Crippen LogP contribution in [0.5, 0.6) is 0 Å². The van der Waals surface area contributed by atoms with Gasteiger partial charge in [0, 0.05) is 12.1 Å². The van der Waals surface area contributed by atoms with E-state index in [9.17, 15) is 4.79 Å². The van der Waals surface area contributed by atoms with Crippen LogP contribution < -0.4 is 0 Å². The van der Waals surface area contributed by atoms with Crippen molar-refractivity contribution >= 4 is 5.78 Å². The van der Waals surface area contributed by atoms with E-state index >= 15 is 0 Å². The van der Waals surface area contributed by atoms with E-state index in [2.05, 4.69) is 5.10 Å². The van der Waals surface area contributed by atoms with Crippen LogP contribution >= 0.6 is 0 Å². The number of Topliss-reactive ketones (excluding diaryl/α,β-unsaturated/α-hetero) is 1. The van der Waals surface area contributed by atoms with Gasteiger partial charge in [0.05, 0.1) is 24.9 Å². The molecule has 0 spiro atoms. The number of carbonyl (C=O) groups excluding carboxylic acids is 1. The number of fused-ring (bicyclic) bond motifs is 1. The molecule has 1 heterocycles. The molecule has 0 atom stereocenters. The Morgan fingerprint density at radius 2 is 2.42 bits per heavy atom. The Morgan fingerprint density at radius 3 is 3.17 bits per heavy atom. The zero-order chi connectivity index (χ0) is 8.55. The highest BCUT2D eigenvalue weighted by Crippen LogP contribution is 2.20. The molecule has 4 nitrogen and oxygen atoms in total. The first kappa shape index (κ1) is 7.49. The fourth-order valence-electron chi connectivity index (χ4n) is 1.56. The molecule has 0 bridgehead atoms. The second-order valence-corrected chi connectivity index (χ2v) is 2.87. The molecule has 1 aromatic rings. The molecule has 0 unspecified atom stereocenters. The molecule has 2 rings (SSSR count). The average molecular weight is 166 g/mol. The van der Waals surface area contributed by atoms with E-state index in [1.807, 2.05) is 0 Å². The van der Waals surface area contributed by atoms with Gasteiger partial charge >= 0.3 is 0 Å². The van der Waals surface area contributed by atoms with Gasteiger partial charge in [0.15, 0.2) is 5.78 Å². The van der Waals surface area contributed by atoms with Crippen molar-refractivity contribution in [2.75, 3.05) is 6.61 Å². The van der Waals surface area contributed by atoms with Gasteiger partial charge in [-0.05, 0) is 6.42 Å². The summed E-state index contributed by atoms with van der Waals surface area (Å²) in [6, 6.07) is 0. The second kappa shape index (κ2) is 2.71. The zero-order valence-electron chi connectivity index (χ0n) is 6.66. The van der Waals surface area contributed by atoms with Crippen LogP contribution in [0.2, 0.25) is 0 Å². The molecule has 4 heteroatoms. The van der Waals surface area contributed by atoms with E-state index in [0.29, 0.717) is 13.0 Å². The number of carbonyl (C=O) groups is 1. The van der Waals surface area contributed by atoms with Gasteiger partial charge in [-0.15, -0.1) is 0 Å². The summed E-state index contributed by atoms with van der Waals surface area (Å²) < 4.78 is 1.71. The Morgan fingerprint density at radius 1 is 1.58 bits per heavy atom. The molecule has 0 aromatic carbocycles. The predicted octanol–water partition coefficient (Wildman–Crippen LogP) is 0.00430. The lowest BCUT2D eigenvalue weighted by Gasteiger charge is -2.00. The maximum atomic E-state index is 11.2. The average Bonchev–Trinajstić information content (AvgIpc) is 2.58. The van der Waals surface area contributed by atoms with Crippen molar-refractivity contribution in [3.05, 3.63) is 17.5 Å². The van der Waals surface area contributed by atoms with Crippen LogP contribution in [0.1, 0.15) is 22.5 Å². The highest BCUT2D eigenvalue weighted by atomic mass is 16.3. The summed E-state index contributed by atoms with van der Waals surface area (Å²) in [5.41, 5.74) is 1.72. The third-order valence-electron chi connectivity index (χ3n) is 2.15. The molecular weight excluding hydrogens is 156 g/mol. The van der Waals surface area contributed by atoms with Crippen molar-refractivity contribution in [2.24, 2.45) is 0 Å². The minimum Gasteiger partial charge on any atom is -0.394 e. The molecule has 1 N–H and O–H groups in total. The van der Waals surface area contributed by atoms with E-state index in [1.54, 1.807) is 10.9 Å². The summed E-state index contributed by atoms with van der Waals surface area (Å²) in [7, 11) is 0. The normalized spacial score (nSPS) is 15.2. The number of aromatic nitrogens is 2. The van der Waals surface area contributed by atoms with Crippen molar-refractivity contribution in [1.29, 1.82) is 0 Å². The molecule has 1 aliphatic carbocycles. The number of rotatable bonds is 2. The fraction of sp³-hybridized carbons (Fsp3) is 0.500. The number of hydrogen-bond acceptors (Lipinski definition) is 3. The van der Waals surface area contributed by atoms with Crippen LogP contribution in [0.4, 0.5) is 0 Å². The second-order valence-electron chi connectivity index (χ2n) is 2.87. The molecule has 0 fully saturated rings. The van der Waals surface area contributed by atoms with E-state index < -0.39 is 0 Å². The molecule has 64 valence electrons. The number of ketones is 1. The first-order valence-corrected chi connectivity index (χ1v) is 4.01. The van der Waals surface area contributed by atoms with Crippen LogP contribution in [0.15, 0.2) is 6.20 Å². The number of aliphatic hydroxyl groups excluding tert-OH is 1. The lowest BCUT2D eigenvalue weighted by Crippen LogP contribution is -2.06. The molecule has 0 amide bonds. The van der Waals surface area contributed by atoms with Crippen LogP contribution in [0.3, 0.4) is 0 Å². The monoisotopic (exact) mass is 166 g/mol. The van der Waals surface area contributed by atoms with Gasteiger partial charge in [-0.1, -0.05) is 0 Å². The maximum Gasteiger partial charge on any atom is 0.166 e. The maximum absolute atomic E-state index is 11.2. The Hall–Kier alpha value is -1.16. The lowest BCUT2D eigenvalue weighted by molar-refractivity contribution is 0.0994. The van der Waals surface area contributed by atoms with E-state index in [4.69, 9.17) is 5.11 Å². The highest BCUT2D eigenvalue weighted by Gasteiger charge is 2.23. The van der Waals surface area contributed by atoms with Crippen LogP contribution in [-0.4, -0.2) is 27.3 Å². The third-order valence-corrected chi connectivity index (χ3v) is 2.15. The van der Waals surface area contributed by atoms with Gasteiger partial charge in [-0.3, -0.25) is 9.48 Å². The first-order valence-electron chi connectivity index (χ1n) is 4.01. The Balaban J connectivity index is 2.36. The molecule has 0 aliphatic heterocycles. The fourth-order valence-corrected chi connectivity index (χ4v) is 1.56. The van der Waals surface area contributed by atoms with Gasteiger partial charge in [-0.2, -0.15) is 5.10 Å². The van der Waals surface area contributed by atoms with Crippen molar-refractivity contribution in [2.45, 2.75) is 19.4 Å². The quantitative estimate of drug-likeness (QED) is 0.673. The van der Waals surface area contributed by atoms with Crippen LogP contribution in [0.25, 0.3) is 0 Å². The van der Waals surface area contributed by atoms with E-state index in [-0.39, 0.29) is 12.4 Å². The molecular formula is C8H10N2O2. The molecule has 12 heavy (non-hydrogen) atoms. The topological polar surface area (TPSA) is 55.1 Å². The summed E-state index contributed by atoms with van der Waals surface area (Å²) in [5.74, 6) is 0.175. The van der Waals surface area contributed by atoms with E-state index in [0.717, 1.165) is 17.7 Å². The Labute approximate surface area is 69.8 Å².